The van der Waals surface area contributed by atoms with Crippen LogP contribution in [-0.4, -0.2) is 35.6 Å². The van der Waals surface area contributed by atoms with E-state index < -0.39 is 0 Å². The van der Waals surface area contributed by atoms with E-state index in [1.165, 1.54) is 0 Å². The second-order valence-electron chi connectivity index (χ2n) is 2.32. The fourth-order valence-corrected chi connectivity index (χ4v) is 1.19. The highest BCUT2D eigenvalue weighted by Gasteiger charge is 2.21. The van der Waals surface area contributed by atoms with Crippen molar-refractivity contribution in [2.75, 3.05) is 13.2 Å². The summed E-state index contributed by atoms with van der Waals surface area (Å²) in [5.74, 6) is 0. The molecule has 60 valence electrons. The van der Waals surface area contributed by atoms with Crippen LogP contribution in [0.4, 0.5) is 0 Å². The predicted molar refractivity (Wildman–Crippen MR) is 39.6 cm³/mol. The van der Waals surface area contributed by atoms with Crippen LogP contribution in [0.15, 0.2) is 0 Å². The lowest BCUT2D eigenvalue weighted by atomic mass is 10.2. The second-order valence-corrected chi connectivity index (χ2v) is 2.32. The number of nitrogens with zero attached hydrogens (tertiary/aromatic N) is 1. The number of carbonyl (C=O) groups is 1. The molecule has 1 rings (SSSR count). The summed E-state index contributed by atoms with van der Waals surface area (Å²) in [4.78, 5) is 11.8. The van der Waals surface area contributed by atoms with Crippen LogP contribution in [-0.2, 0) is 4.79 Å². The largest absolute Gasteiger partial charge is 0.394 e. The fourth-order valence-electron chi connectivity index (χ4n) is 1.19. The Morgan fingerprint density at radius 1 is 1.70 bits per heavy atom. The molecule has 1 unspecified atom stereocenters. The molecule has 1 saturated heterocycles. The van der Waals surface area contributed by atoms with Crippen molar-refractivity contribution in [3.8, 4) is 0 Å². The summed E-state index contributed by atoms with van der Waals surface area (Å²) in [5, 5.41) is 8.67. The number of aliphatic hydroxyl groups excluding tert-OH is 1. The van der Waals surface area contributed by atoms with E-state index in [1.54, 1.807) is 4.90 Å². The van der Waals surface area contributed by atoms with Crippen LogP contribution < -0.4 is 0 Å². The van der Waals surface area contributed by atoms with Gasteiger partial charge in [-0.05, 0) is 12.8 Å². The van der Waals surface area contributed by atoms with Gasteiger partial charge in [-0.25, -0.2) is 0 Å². The maximum Gasteiger partial charge on any atom is 0.210 e. The topological polar surface area (TPSA) is 40.5 Å². The Hall–Kier alpha value is -0.570. The first kappa shape index (κ1) is 9.43. The summed E-state index contributed by atoms with van der Waals surface area (Å²) < 4.78 is 0. The molecule has 0 aliphatic carbocycles. The van der Waals surface area contributed by atoms with Gasteiger partial charge in [0.2, 0.25) is 6.41 Å². The molecule has 0 bridgehead atoms. The van der Waals surface area contributed by atoms with E-state index in [4.69, 9.17) is 5.11 Å². The minimum absolute atomic E-state index is 0. The van der Waals surface area contributed by atoms with Gasteiger partial charge in [0, 0.05) is 6.54 Å². The molecule has 0 spiro atoms. The maximum absolute atomic E-state index is 10.2. The van der Waals surface area contributed by atoms with E-state index in [0.29, 0.717) is 0 Å². The van der Waals surface area contributed by atoms with E-state index in [1.807, 2.05) is 0 Å². The zero-order valence-corrected chi connectivity index (χ0v) is 5.29. The summed E-state index contributed by atoms with van der Waals surface area (Å²) in [5.41, 5.74) is 0. The Labute approximate surface area is 61.6 Å². The first-order chi connectivity index (χ1) is 4.38. The monoisotopic (exact) mass is 145 g/mol. The van der Waals surface area contributed by atoms with E-state index in [2.05, 4.69) is 0 Å². The molecule has 1 fully saturated rings. The first-order valence-corrected chi connectivity index (χ1v) is 3.20. The van der Waals surface area contributed by atoms with Gasteiger partial charge in [0.1, 0.15) is 0 Å². The number of amides is 1. The molecule has 3 heteroatoms. The van der Waals surface area contributed by atoms with Gasteiger partial charge in [0.05, 0.1) is 12.6 Å². The Kier molecular flexibility index (Phi) is 4.03. The van der Waals surface area contributed by atoms with Crippen molar-refractivity contribution in [3.05, 3.63) is 0 Å². The number of hydrogen-bond acceptors (Lipinski definition) is 2. The van der Waals surface area contributed by atoms with E-state index in [-0.39, 0.29) is 20.1 Å². The molecule has 1 amide bonds. The zero-order valence-electron chi connectivity index (χ0n) is 5.29. The van der Waals surface area contributed by atoms with Crippen LogP contribution in [0.25, 0.3) is 0 Å². The van der Waals surface area contributed by atoms with Gasteiger partial charge >= 0.3 is 0 Å². The Balaban J connectivity index is 0.000000810. The third kappa shape index (κ3) is 1.70. The molecule has 0 radical (unpaired) electrons. The van der Waals surface area contributed by atoms with Gasteiger partial charge in [-0.15, -0.1) is 0 Å². The van der Waals surface area contributed by atoms with Crippen LogP contribution in [0.1, 0.15) is 20.3 Å². The summed E-state index contributed by atoms with van der Waals surface area (Å²) in [6.45, 7) is 0.924. The van der Waals surface area contributed by atoms with Gasteiger partial charge in [-0.2, -0.15) is 0 Å². The molecule has 3 nitrogen and oxygen atoms in total. The van der Waals surface area contributed by atoms with Crippen LogP contribution >= 0.6 is 0 Å². The summed E-state index contributed by atoms with van der Waals surface area (Å²) in [7, 11) is 0. The van der Waals surface area contributed by atoms with E-state index in [0.717, 1.165) is 25.8 Å². The highest BCUT2D eigenvalue weighted by molar-refractivity contribution is 5.48. The maximum atomic E-state index is 10.2. The average molecular weight is 145 g/mol. The quantitative estimate of drug-likeness (QED) is 0.565. The molecule has 1 N–H and O–H groups in total. The van der Waals surface area contributed by atoms with Gasteiger partial charge in [-0.3, -0.25) is 4.79 Å². The van der Waals surface area contributed by atoms with Crippen LogP contribution in [0.2, 0.25) is 0 Å². The van der Waals surface area contributed by atoms with E-state index in [9.17, 15) is 4.79 Å². The SMILES string of the molecule is C.O=CN1CCCC1CO. The summed E-state index contributed by atoms with van der Waals surface area (Å²) in [6.07, 6.45) is 2.80. The molecule has 0 aromatic carbocycles. The zero-order chi connectivity index (χ0) is 6.69. The molecule has 10 heavy (non-hydrogen) atoms. The molecule has 1 aliphatic heterocycles. The average Bonchev–Trinajstić information content (AvgIpc) is 2.33. The van der Waals surface area contributed by atoms with Crippen LogP contribution in [0, 0.1) is 0 Å². The lowest BCUT2D eigenvalue weighted by Gasteiger charge is -2.16. The molecular weight excluding hydrogens is 130 g/mol. The van der Waals surface area contributed by atoms with Gasteiger partial charge < -0.3 is 10.0 Å². The minimum atomic E-state index is 0. The molecule has 0 aromatic rings. The third-order valence-corrected chi connectivity index (χ3v) is 1.77. The molecular formula is C7H15NO2. The highest BCUT2D eigenvalue weighted by atomic mass is 16.3. The summed E-state index contributed by atoms with van der Waals surface area (Å²) in [6, 6.07) is 0.0995. The predicted octanol–water partition coefficient (Wildman–Crippen LogP) is 0.236. The molecule has 0 saturated carbocycles. The minimum Gasteiger partial charge on any atom is -0.394 e. The molecule has 1 aliphatic rings. The number of likely N-dealkylation sites (tertiary alicyclic amines) is 1. The normalized spacial score (nSPS) is 24.1. The lowest BCUT2D eigenvalue weighted by Crippen LogP contribution is -2.30. The molecule has 1 heterocycles. The molecule has 0 aromatic heterocycles. The lowest BCUT2D eigenvalue weighted by molar-refractivity contribution is -0.119. The van der Waals surface area contributed by atoms with Gasteiger partial charge in [0.15, 0.2) is 0 Å². The van der Waals surface area contributed by atoms with Crippen molar-refractivity contribution in [3.63, 3.8) is 0 Å². The van der Waals surface area contributed by atoms with Crippen LogP contribution in [0.5, 0.6) is 0 Å². The second kappa shape index (κ2) is 4.28. The number of rotatable bonds is 2. The standard InChI is InChI=1S/C6H11NO2.CH4/c8-4-6-2-1-3-7(6)5-9;/h5-6,8H,1-4H2;1H4. The Morgan fingerprint density at radius 3 is 2.80 bits per heavy atom. The van der Waals surface area contributed by atoms with Crippen LogP contribution in [0.3, 0.4) is 0 Å². The number of carbonyl (C=O) groups excluding carboxylic acids is 1. The highest BCUT2D eigenvalue weighted by Crippen LogP contribution is 2.13. The fraction of sp³-hybridized carbons (Fsp3) is 0.857. The van der Waals surface area contributed by atoms with Crippen molar-refractivity contribution in [2.45, 2.75) is 26.3 Å². The Bertz CT molecular complexity index is 106. The van der Waals surface area contributed by atoms with E-state index >= 15 is 0 Å². The number of hydrogen-bond donors (Lipinski definition) is 1. The third-order valence-electron chi connectivity index (χ3n) is 1.77. The summed E-state index contributed by atoms with van der Waals surface area (Å²) >= 11 is 0. The van der Waals surface area contributed by atoms with Gasteiger partial charge in [0.25, 0.3) is 0 Å². The van der Waals surface area contributed by atoms with Crippen molar-refractivity contribution in [1.82, 2.24) is 4.90 Å². The van der Waals surface area contributed by atoms with Crippen molar-refractivity contribution in [1.29, 1.82) is 0 Å². The first-order valence-electron chi connectivity index (χ1n) is 3.20. The van der Waals surface area contributed by atoms with Gasteiger partial charge in [-0.1, -0.05) is 7.43 Å². The number of aliphatic hydroxyl groups is 1. The van der Waals surface area contributed by atoms with Crippen molar-refractivity contribution >= 4 is 6.41 Å². The smallest absolute Gasteiger partial charge is 0.210 e. The Morgan fingerprint density at radius 2 is 2.40 bits per heavy atom. The van der Waals surface area contributed by atoms with Crippen molar-refractivity contribution in [2.24, 2.45) is 0 Å². The molecule has 1 atom stereocenters. The van der Waals surface area contributed by atoms with Crippen molar-refractivity contribution < 1.29 is 9.90 Å².